The van der Waals surface area contributed by atoms with Crippen LogP contribution in [0.15, 0.2) is 52.1 Å². The largest absolute Gasteiger partial charge is 0.466 e. The van der Waals surface area contributed by atoms with Crippen molar-refractivity contribution >= 4 is 41.5 Å². The molecule has 1 atom stereocenters. The predicted molar refractivity (Wildman–Crippen MR) is 126 cm³/mol. The number of benzene rings is 1. The van der Waals surface area contributed by atoms with Gasteiger partial charge in [-0.05, 0) is 50.1 Å². The van der Waals surface area contributed by atoms with Crippen molar-refractivity contribution in [3.05, 3.63) is 54.0 Å². The van der Waals surface area contributed by atoms with Gasteiger partial charge in [0, 0.05) is 18.7 Å². The van der Waals surface area contributed by atoms with Crippen LogP contribution in [0.5, 0.6) is 0 Å². The second-order valence-electron chi connectivity index (χ2n) is 6.79. The van der Waals surface area contributed by atoms with E-state index < -0.39 is 5.60 Å². The van der Waals surface area contributed by atoms with Crippen molar-refractivity contribution < 1.29 is 14.3 Å². The van der Waals surface area contributed by atoms with Gasteiger partial charge in [-0.25, -0.2) is 4.99 Å². The molecule has 0 aliphatic carbocycles. The van der Waals surface area contributed by atoms with Gasteiger partial charge in [-0.2, -0.15) is 0 Å². The maximum atomic E-state index is 11.6. The fourth-order valence-electron chi connectivity index (χ4n) is 2.58. The first-order valence-corrected chi connectivity index (χ1v) is 9.62. The number of hydrogen-bond acceptors (Lipinski definition) is 4. The minimum atomic E-state index is -1.14. The van der Waals surface area contributed by atoms with Crippen molar-refractivity contribution in [2.24, 2.45) is 4.99 Å². The third kappa shape index (κ3) is 8.45. The van der Waals surface area contributed by atoms with Crippen molar-refractivity contribution in [2.45, 2.75) is 45.8 Å². The van der Waals surface area contributed by atoms with Gasteiger partial charge in [0.25, 0.3) is 0 Å². The summed E-state index contributed by atoms with van der Waals surface area (Å²) in [5.41, 5.74) is 0.659. The van der Waals surface area contributed by atoms with Crippen LogP contribution >= 0.6 is 24.0 Å². The summed E-state index contributed by atoms with van der Waals surface area (Å²) in [6.07, 6.45) is 2.88. The number of halogens is 1. The van der Waals surface area contributed by atoms with Crippen LogP contribution in [0.4, 0.5) is 5.69 Å². The third-order valence-electron chi connectivity index (χ3n) is 4.13. The number of guanidine groups is 1. The number of amides is 1. The summed E-state index contributed by atoms with van der Waals surface area (Å²) in [6, 6.07) is 11.1. The van der Waals surface area contributed by atoms with Gasteiger partial charge >= 0.3 is 0 Å². The Kier molecular flexibility index (Phi) is 10.7. The second kappa shape index (κ2) is 12.5. The lowest BCUT2D eigenvalue weighted by atomic mass is 10.0. The van der Waals surface area contributed by atoms with Gasteiger partial charge < -0.3 is 25.5 Å². The van der Waals surface area contributed by atoms with Crippen LogP contribution < -0.4 is 16.0 Å². The SMILES string of the molecule is CCCC(=O)Nc1ccc(CN=C(NCC)NCC(C)(O)c2ccco2)cc1.I. The van der Waals surface area contributed by atoms with E-state index in [4.69, 9.17) is 4.42 Å². The van der Waals surface area contributed by atoms with Gasteiger partial charge in [-0.3, -0.25) is 4.79 Å². The topological polar surface area (TPSA) is 98.9 Å². The van der Waals surface area contributed by atoms with E-state index in [-0.39, 0.29) is 36.4 Å². The molecule has 1 aromatic carbocycles. The maximum absolute atomic E-state index is 11.6. The molecule has 0 spiro atoms. The average molecular weight is 514 g/mol. The quantitative estimate of drug-likeness (QED) is 0.233. The van der Waals surface area contributed by atoms with Gasteiger partial charge in [-0.1, -0.05) is 19.1 Å². The van der Waals surface area contributed by atoms with Crippen LogP contribution in [0, 0.1) is 0 Å². The molecule has 29 heavy (non-hydrogen) atoms. The van der Waals surface area contributed by atoms with Gasteiger partial charge in [-0.15, -0.1) is 24.0 Å². The highest BCUT2D eigenvalue weighted by atomic mass is 127. The smallest absolute Gasteiger partial charge is 0.224 e. The number of nitrogens with one attached hydrogen (secondary N) is 3. The molecule has 2 aromatic rings. The fraction of sp³-hybridized carbons (Fsp3) is 0.429. The zero-order chi connectivity index (χ0) is 20.4. The lowest BCUT2D eigenvalue weighted by Gasteiger charge is -2.22. The molecule has 1 amide bonds. The lowest BCUT2D eigenvalue weighted by Crippen LogP contribution is -2.44. The molecule has 0 aliphatic rings. The number of nitrogens with zero attached hydrogens (tertiary/aromatic N) is 1. The number of aliphatic hydroxyl groups is 1. The molecule has 4 N–H and O–H groups in total. The highest BCUT2D eigenvalue weighted by Crippen LogP contribution is 2.19. The molecule has 0 aliphatic heterocycles. The van der Waals surface area contributed by atoms with E-state index in [1.165, 1.54) is 6.26 Å². The Labute approximate surface area is 189 Å². The number of hydrogen-bond donors (Lipinski definition) is 4. The predicted octanol–water partition coefficient (Wildman–Crippen LogP) is 3.60. The van der Waals surface area contributed by atoms with E-state index in [0.29, 0.717) is 31.2 Å². The van der Waals surface area contributed by atoms with Crippen molar-refractivity contribution in [1.82, 2.24) is 10.6 Å². The van der Waals surface area contributed by atoms with Crippen LogP contribution in [0.1, 0.15) is 44.9 Å². The van der Waals surface area contributed by atoms with Gasteiger partial charge in [0.15, 0.2) is 5.96 Å². The number of aliphatic imine (C=N–C) groups is 1. The zero-order valence-corrected chi connectivity index (χ0v) is 19.5. The van der Waals surface area contributed by atoms with E-state index in [9.17, 15) is 9.90 Å². The molecule has 2 rings (SSSR count). The number of anilines is 1. The van der Waals surface area contributed by atoms with Crippen LogP contribution in [0.25, 0.3) is 0 Å². The summed E-state index contributed by atoms with van der Waals surface area (Å²) in [4.78, 5) is 16.2. The zero-order valence-electron chi connectivity index (χ0n) is 17.2. The van der Waals surface area contributed by atoms with Crippen molar-refractivity contribution in [2.75, 3.05) is 18.4 Å². The molecule has 160 valence electrons. The van der Waals surface area contributed by atoms with Crippen LogP contribution in [-0.2, 0) is 16.9 Å². The first-order chi connectivity index (χ1) is 13.4. The third-order valence-corrected chi connectivity index (χ3v) is 4.13. The normalized spacial score (nSPS) is 13.2. The van der Waals surface area contributed by atoms with Gasteiger partial charge in [0.05, 0.1) is 19.4 Å². The Hall–Kier alpha value is -2.07. The molecule has 8 heteroatoms. The Morgan fingerprint density at radius 1 is 1.17 bits per heavy atom. The standard InChI is InChI=1S/C21H30N4O3.HI/c1-4-7-19(26)25-17-11-9-16(10-12-17)14-23-20(22-5-2)24-15-21(3,27)18-8-6-13-28-18;/h6,8-13,27H,4-5,7,14-15H2,1-3H3,(H,25,26)(H2,22,23,24);1H. The monoisotopic (exact) mass is 514 g/mol. The Morgan fingerprint density at radius 2 is 1.90 bits per heavy atom. The van der Waals surface area contributed by atoms with Gasteiger partial charge in [0.1, 0.15) is 11.4 Å². The molecule has 0 radical (unpaired) electrons. The van der Waals surface area contributed by atoms with E-state index in [1.54, 1.807) is 19.1 Å². The van der Waals surface area contributed by atoms with Gasteiger partial charge in [0.2, 0.25) is 5.91 Å². The van der Waals surface area contributed by atoms with E-state index in [1.807, 2.05) is 38.1 Å². The molecule has 1 unspecified atom stereocenters. The van der Waals surface area contributed by atoms with Crippen molar-refractivity contribution in [3.63, 3.8) is 0 Å². The average Bonchev–Trinajstić information content (AvgIpc) is 3.21. The molecular weight excluding hydrogens is 483 g/mol. The molecule has 0 fully saturated rings. The van der Waals surface area contributed by atoms with Crippen molar-refractivity contribution in [1.29, 1.82) is 0 Å². The first kappa shape index (κ1) is 25.0. The number of furan rings is 1. The highest BCUT2D eigenvalue weighted by Gasteiger charge is 2.26. The molecule has 7 nitrogen and oxygen atoms in total. The molecule has 1 aromatic heterocycles. The molecule has 0 saturated heterocycles. The van der Waals surface area contributed by atoms with Crippen molar-refractivity contribution in [3.8, 4) is 0 Å². The summed E-state index contributed by atoms with van der Waals surface area (Å²) < 4.78 is 5.29. The summed E-state index contributed by atoms with van der Waals surface area (Å²) in [5.74, 6) is 1.13. The molecular formula is C21H31IN4O3. The summed E-state index contributed by atoms with van der Waals surface area (Å²) >= 11 is 0. The summed E-state index contributed by atoms with van der Waals surface area (Å²) in [5, 5.41) is 19.7. The van der Waals surface area contributed by atoms with Crippen LogP contribution in [0.3, 0.4) is 0 Å². The minimum absolute atomic E-state index is 0. The van der Waals surface area contributed by atoms with E-state index in [2.05, 4.69) is 20.9 Å². The second-order valence-corrected chi connectivity index (χ2v) is 6.79. The van der Waals surface area contributed by atoms with Crippen LogP contribution in [0.2, 0.25) is 0 Å². The Balaban J connectivity index is 0.00000420. The molecule has 0 saturated carbocycles. The van der Waals surface area contributed by atoms with Crippen LogP contribution in [-0.4, -0.2) is 30.1 Å². The lowest BCUT2D eigenvalue weighted by molar-refractivity contribution is -0.116. The van der Waals surface area contributed by atoms with E-state index >= 15 is 0 Å². The maximum Gasteiger partial charge on any atom is 0.224 e. The molecule has 0 bridgehead atoms. The fourth-order valence-corrected chi connectivity index (χ4v) is 2.58. The minimum Gasteiger partial charge on any atom is -0.466 e. The number of carbonyl (C=O) groups excluding carboxylic acids is 1. The first-order valence-electron chi connectivity index (χ1n) is 9.62. The summed E-state index contributed by atoms with van der Waals surface area (Å²) in [6.45, 7) is 7.08. The number of carbonyl (C=O) groups is 1. The highest BCUT2D eigenvalue weighted by molar-refractivity contribution is 14.0. The van der Waals surface area contributed by atoms with E-state index in [0.717, 1.165) is 17.7 Å². The molecule has 1 heterocycles. The number of rotatable bonds is 9. The Bertz CT molecular complexity index is 759. The Morgan fingerprint density at radius 3 is 2.48 bits per heavy atom. The summed E-state index contributed by atoms with van der Waals surface area (Å²) in [7, 11) is 0.